The number of hydrogen-bond donors (Lipinski definition) is 2. The molecule has 1 atom stereocenters. The van der Waals surface area contributed by atoms with Gasteiger partial charge in [0.25, 0.3) is 0 Å². The topological polar surface area (TPSA) is 79.9 Å². The molecular formula is C12H21N3O4. The third-order valence-electron chi connectivity index (χ3n) is 3.76. The van der Waals surface area contributed by atoms with Crippen molar-refractivity contribution in [3.05, 3.63) is 0 Å². The molecule has 0 radical (unpaired) electrons. The van der Waals surface area contributed by atoms with Crippen LogP contribution in [0.5, 0.6) is 0 Å². The highest BCUT2D eigenvalue weighted by Gasteiger charge is 2.41. The number of piperidine rings is 1. The Morgan fingerprint density at radius 1 is 1.21 bits per heavy atom. The Morgan fingerprint density at radius 2 is 1.79 bits per heavy atom. The van der Waals surface area contributed by atoms with Gasteiger partial charge in [-0.3, -0.25) is 15.0 Å². The van der Waals surface area contributed by atoms with Crippen molar-refractivity contribution >= 4 is 11.9 Å². The van der Waals surface area contributed by atoms with E-state index >= 15 is 0 Å². The van der Waals surface area contributed by atoms with E-state index in [4.69, 9.17) is 9.47 Å². The standard InChI is InChI=1S/C12H21N3O4/c1-9(10(16)14-11(17)13-2)15-5-3-12(4-6-15)18-7-8-19-12/h9H,3-8H2,1-2H3,(H2,13,14,16,17)/t9-/m1/s1. The van der Waals surface area contributed by atoms with E-state index in [-0.39, 0.29) is 11.9 Å². The van der Waals surface area contributed by atoms with Gasteiger partial charge in [-0.25, -0.2) is 4.79 Å². The smallest absolute Gasteiger partial charge is 0.321 e. The van der Waals surface area contributed by atoms with E-state index < -0.39 is 11.8 Å². The number of urea groups is 1. The summed E-state index contributed by atoms with van der Waals surface area (Å²) >= 11 is 0. The van der Waals surface area contributed by atoms with Crippen molar-refractivity contribution in [2.75, 3.05) is 33.4 Å². The van der Waals surface area contributed by atoms with Crippen LogP contribution in [0.4, 0.5) is 4.79 Å². The van der Waals surface area contributed by atoms with Crippen LogP contribution < -0.4 is 10.6 Å². The first-order valence-corrected chi connectivity index (χ1v) is 6.61. The molecule has 2 N–H and O–H groups in total. The summed E-state index contributed by atoms with van der Waals surface area (Å²) in [7, 11) is 1.48. The van der Waals surface area contributed by atoms with Gasteiger partial charge in [-0.05, 0) is 6.92 Å². The highest BCUT2D eigenvalue weighted by Crippen LogP contribution is 2.31. The maximum absolute atomic E-state index is 11.8. The summed E-state index contributed by atoms with van der Waals surface area (Å²) in [5, 5.41) is 4.66. The van der Waals surface area contributed by atoms with Crippen LogP contribution in [0, 0.1) is 0 Å². The van der Waals surface area contributed by atoms with Gasteiger partial charge in [-0.1, -0.05) is 0 Å². The molecule has 2 rings (SSSR count). The lowest BCUT2D eigenvalue weighted by Gasteiger charge is -2.39. The average molecular weight is 271 g/mol. The third-order valence-corrected chi connectivity index (χ3v) is 3.76. The Balaban J connectivity index is 1.83. The molecule has 0 saturated carbocycles. The summed E-state index contributed by atoms with van der Waals surface area (Å²) in [5.74, 6) is -0.725. The summed E-state index contributed by atoms with van der Waals surface area (Å²) in [5.41, 5.74) is 0. The number of carbonyl (C=O) groups excluding carboxylic acids is 2. The Kier molecular flexibility index (Phi) is 4.38. The Labute approximate surface area is 112 Å². The fourth-order valence-electron chi connectivity index (χ4n) is 2.48. The van der Waals surface area contributed by atoms with E-state index in [9.17, 15) is 9.59 Å². The molecule has 2 heterocycles. The lowest BCUT2D eigenvalue weighted by molar-refractivity contribution is -0.188. The number of amides is 3. The van der Waals surface area contributed by atoms with Crippen LogP contribution in [0.3, 0.4) is 0 Å². The first-order valence-electron chi connectivity index (χ1n) is 6.61. The van der Waals surface area contributed by atoms with Gasteiger partial charge < -0.3 is 14.8 Å². The van der Waals surface area contributed by atoms with E-state index in [0.717, 1.165) is 25.9 Å². The summed E-state index contributed by atoms with van der Waals surface area (Å²) < 4.78 is 11.3. The predicted molar refractivity (Wildman–Crippen MR) is 67.5 cm³/mol. The molecule has 0 aromatic heterocycles. The molecule has 7 heteroatoms. The number of likely N-dealkylation sites (tertiary alicyclic amines) is 1. The van der Waals surface area contributed by atoms with Crippen molar-refractivity contribution in [3.63, 3.8) is 0 Å². The zero-order valence-corrected chi connectivity index (χ0v) is 11.4. The summed E-state index contributed by atoms with van der Waals surface area (Å²) in [6, 6.07) is -0.816. The summed E-state index contributed by atoms with van der Waals surface area (Å²) in [4.78, 5) is 25.0. The highest BCUT2D eigenvalue weighted by molar-refractivity contribution is 5.96. The number of carbonyl (C=O) groups is 2. The van der Waals surface area contributed by atoms with Gasteiger partial charge in [-0.15, -0.1) is 0 Å². The lowest BCUT2D eigenvalue weighted by Crippen LogP contribution is -2.54. The maximum Gasteiger partial charge on any atom is 0.321 e. The molecule has 2 aliphatic rings. The molecule has 2 saturated heterocycles. The second kappa shape index (κ2) is 5.85. The summed E-state index contributed by atoms with van der Waals surface area (Å²) in [6.07, 6.45) is 1.51. The maximum atomic E-state index is 11.8. The minimum absolute atomic E-state index is 0.288. The lowest BCUT2D eigenvalue weighted by atomic mass is 10.0. The second-order valence-corrected chi connectivity index (χ2v) is 4.89. The molecule has 0 bridgehead atoms. The number of hydrogen-bond acceptors (Lipinski definition) is 5. The second-order valence-electron chi connectivity index (χ2n) is 4.89. The molecule has 3 amide bonds. The van der Waals surface area contributed by atoms with Crippen LogP contribution >= 0.6 is 0 Å². The first-order chi connectivity index (χ1) is 9.06. The van der Waals surface area contributed by atoms with E-state index in [2.05, 4.69) is 10.6 Å². The fourth-order valence-corrected chi connectivity index (χ4v) is 2.48. The number of nitrogens with one attached hydrogen (secondary N) is 2. The Morgan fingerprint density at radius 3 is 2.32 bits per heavy atom. The average Bonchev–Trinajstić information content (AvgIpc) is 2.87. The van der Waals surface area contributed by atoms with Crippen LogP contribution in [0.2, 0.25) is 0 Å². The Hall–Kier alpha value is -1.18. The van der Waals surface area contributed by atoms with Gasteiger partial charge >= 0.3 is 6.03 Å². The monoisotopic (exact) mass is 271 g/mol. The SMILES string of the molecule is CNC(=O)NC(=O)[C@@H](C)N1CCC2(CC1)OCCO2. The van der Waals surface area contributed by atoms with Crippen LogP contribution in [0.25, 0.3) is 0 Å². The van der Waals surface area contributed by atoms with Crippen LogP contribution in [0.15, 0.2) is 0 Å². The van der Waals surface area contributed by atoms with Gasteiger partial charge in [0.05, 0.1) is 19.3 Å². The predicted octanol–water partition coefficient (Wildman–Crippen LogP) is -0.331. The van der Waals surface area contributed by atoms with Crippen LogP contribution in [-0.4, -0.2) is 62.0 Å². The zero-order chi connectivity index (χ0) is 13.9. The fraction of sp³-hybridized carbons (Fsp3) is 0.833. The van der Waals surface area contributed by atoms with E-state index in [1.54, 1.807) is 6.92 Å². The van der Waals surface area contributed by atoms with Crippen molar-refractivity contribution in [1.29, 1.82) is 0 Å². The molecule has 0 unspecified atom stereocenters. The van der Waals surface area contributed by atoms with Crippen LogP contribution in [-0.2, 0) is 14.3 Å². The first kappa shape index (κ1) is 14.2. The Bertz CT molecular complexity index is 345. The van der Waals surface area contributed by atoms with Gasteiger partial charge in [0.2, 0.25) is 5.91 Å². The molecule has 2 aliphatic heterocycles. The van der Waals surface area contributed by atoms with Gasteiger partial charge in [0.15, 0.2) is 5.79 Å². The molecule has 7 nitrogen and oxygen atoms in total. The van der Waals surface area contributed by atoms with Gasteiger partial charge in [0, 0.05) is 33.0 Å². The molecule has 0 aromatic rings. The van der Waals surface area contributed by atoms with Crippen LogP contribution in [0.1, 0.15) is 19.8 Å². The number of ether oxygens (including phenoxy) is 2. The molecule has 108 valence electrons. The van der Waals surface area contributed by atoms with Gasteiger partial charge in [-0.2, -0.15) is 0 Å². The van der Waals surface area contributed by atoms with E-state index in [1.165, 1.54) is 7.05 Å². The van der Waals surface area contributed by atoms with Crippen molar-refractivity contribution in [2.45, 2.75) is 31.6 Å². The quantitative estimate of drug-likeness (QED) is 0.719. The zero-order valence-electron chi connectivity index (χ0n) is 11.4. The molecule has 2 fully saturated rings. The summed E-state index contributed by atoms with van der Waals surface area (Å²) in [6.45, 7) is 4.54. The van der Waals surface area contributed by atoms with Gasteiger partial charge in [0.1, 0.15) is 0 Å². The van der Waals surface area contributed by atoms with Crippen molar-refractivity contribution in [1.82, 2.24) is 15.5 Å². The van der Waals surface area contributed by atoms with E-state index in [0.29, 0.717) is 13.2 Å². The van der Waals surface area contributed by atoms with Crippen molar-refractivity contribution < 1.29 is 19.1 Å². The van der Waals surface area contributed by atoms with Crippen molar-refractivity contribution in [3.8, 4) is 0 Å². The third kappa shape index (κ3) is 3.23. The molecule has 19 heavy (non-hydrogen) atoms. The molecule has 0 aromatic carbocycles. The largest absolute Gasteiger partial charge is 0.347 e. The molecule has 0 aliphatic carbocycles. The minimum Gasteiger partial charge on any atom is -0.347 e. The molecular weight excluding hydrogens is 250 g/mol. The van der Waals surface area contributed by atoms with Crippen molar-refractivity contribution in [2.24, 2.45) is 0 Å². The molecule has 1 spiro atoms. The number of nitrogens with zero attached hydrogens (tertiary/aromatic N) is 1. The van der Waals surface area contributed by atoms with E-state index in [1.807, 2.05) is 4.90 Å². The number of imide groups is 1. The highest BCUT2D eigenvalue weighted by atomic mass is 16.7. The number of rotatable bonds is 2. The minimum atomic E-state index is -0.479. The normalized spacial score (nSPS) is 24.1.